The van der Waals surface area contributed by atoms with Crippen LogP contribution < -0.4 is 5.32 Å². The quantitative estimate of drug-likeness (QED) is 0.799. The summed E-state index contributed by atoms with van der Waals surface area (Å²) in [5, 5.41) is 2.96. The Morgan fingerprint density at radius 1 is 1.27 bits per heavy atom. The second-order valence-corrected chi connectivity index (χ2v) is 4.20. The molecule has 1 N–H and O–H groups in total. The summed E-state index contributed by atoms with van der Waals surface area (Å²) < 4.78 is 35.4. The van der Waals surface area contributed by atoms with Gasteiger partial charge in [0.2, 0.25) is 0 Å². The van der Waals surface area contributed by atoms with Gasteiger partial charge in [-0.25, -0.2) is 0 Å². The molecule has 1 aromatic rings. The van der Waals surface area contributed by atoms with E-state index in [0.29, 0.717) is 6.54 Å². The van der Waals surface area contributed by atoms with Crippen molar-refractivity contribution in [3.05, 3.63) is 29.8 Å². The number of hydrogen-bond acceptors (Lipinski definition) is 2. The lowest BCUT2D eigenvalue weighted by atomic mass is 10.2. The van der Waals surface area contributed by atoms with Crippen molar-refractivity contribution in [3.8, 4) is 0 Å². The summed E-state index contributed by atoms with van der Waals surface area (Å²) in [6.07, 6.45) is 0. The molecule has 15 heavy (non-hydrogen) atoms. The van der Waals surface area contributed by atoms with Crippen LogP contribution in [0.3, 0.4) is 0 Å². The number of para-hydroxylation sites is 1. The van der Waals surface area contributed by atoms with Crippen molar-refractivity contribution in [1.82, 2.24) is 0 Å². The first-order chi connectivity index (χ1) is 6.99. The van der Waals surface area contributed by atoms with E-state index in [1.165, 1.54) is 0 Å². The lowest BCUT2D eigenvalue weighted by molar-refractivity contribution is -0.0327. The lowest BCUT2D eigenvalue weighted by Gasteiger charge is -2.09. The van der Waals surface area contributed by atoms with Crippen molar-refractivity contribution in [2.45, 2.75) is 12.4 Å². The molecule has 0 aromatic heterocycles. The standard InChI is InChI=1S/C10H12F3NS/c1-8-4-2-3-5-9(8)14-6-7-15-10(11,12)13/h2-5,14H,6-7H2,1H3. The highest BCUT2D eigenvalue weighted by molar-refractivity contribution is 8.00. The molecule has 0 amide bonds. The second kappa shape index (κ2) is 5.30. The van der Waals surface area contributed by atoms with E-state index in [2.05, 4.69) is 5.32 Å². The van der Waals surface area contributed by atoms with Gasteiger partial charge in [0.25, 0.3) is 0 Å². The van der Waals surface area contributed by atoms with Gasteiger partial charge in [0.05, 0.1) is 0 Å². The Bertz CT molecular complexity index is 312. The Kier molecular flexibility index (Phi) is 4.32. The molecule has 0 radical (unpaired) electrons. The molecule has 0 fully saturated rings. The number of hydrogen-bond donors (Lipinski definition) is 1. The average Bonchev–Trinajstić information content (AvgIpc) is 2.13. The molecule has 0 aliphatic rings. The molecule has 1 aromatic carbocycles. The number of alkyl halides is 3. The van der Waals surface area contributed by atoms with Crippen LogP contribution in [0.1, 0.15) is 5.56 Å². The van der Waals surface area contributed by atoms with Gasteiger partial charge in [-0.1, -0.05) is 18.2 Å². The number of thioether (sulfide) groups is 1. The molecule has 0 heterocycles. The van der Waals surface area contributed by atoms with Gasteiger partial charge in [-0.3, -0.25) is 0 Å². The largest absolute Gasteiger partial charge is 0.441 e. The fourth-order valence-electron chi connectivity index (χ4n) is 1.12. The van der Waals surface area contributed by atoms with Crippen LogP contribution >= 0.6 is 11.8 Å². The van der Waals surface area contributed by atoms with E-state index in [1.54, 1.807) is 0 Å². The predicted octanol–water partition coefficient (Wildman–Crippen LogP) is 3.66. The summed E-state index contributed by atoms with van der Waals surface area (Å²) in [6.45, 7) is 2.23. The minimum atomic E-state index is -4.13. The zero-order valence-corrected chi connectivity index (χ0v) is 9.08. The van der Waals surface area contributed by atoms with Crippen molar-refractivity contribution < 1.29 is 13.2 Å². The number of nitrogens with one attached hydrogen (secondary N) is 1. The Balaban J connectivity index is 2.30. The third kappa shape index (κ3) is 4.97. The van der Waals surface area contributed by atoms with E-state index in [-0.39, 0.29) is 17.5 Å². The van der Waals surface area contributed by atoms with Crippen LogP contribution in [0.5, 0.6) is 0 Å². The maximum Gasteiger partial charge on any atom is 0.441 e. The molecule has 0 saturated heterocycles. The monoisotopic (exact) mass is 235 g/mol. The van der Waals surface area contributed by atoms with Gasteiger partial charge in [0, 0.05) is 18.0 Å². The van der Waals surface area contributed by atoms with E-state index in [9.17, 15) is 13.2 Å². The summed E-state index contributed by atoms with van der Waals surface area (Å²) in [5.41, 5.74) is -2.21. The zero-order valence-electron chi connectivity index (χ0n) is 8.27. The van der Waals surface area contributed by atoms with Crippen LogP contribution in [0.4, 0.5) is 18.9 Å². The van der Waals surface area contributed by atoms with E-state index < -0.39 is 5.51 Å². The molecule has 0 bridgehead atoms. The van der Waals surface area contributed by atoms with Gasteiger partial charge in [0.1, 0.15) is 0 Å². The number of aryl methyl sites for hydroxylation is 1. The van der Waals surface area contributed by atoms with Crippen molar-refractivity contribution in [1.29, 1.82) is 0 Å². The van der Waals surface area contributed by atoms with Crippen LogP contribution in [0.2, 0.25) is 0 Å². The molecule has 1 rings (SSSR count). The summed E-state index contributed by atoms with van der Waals surface area (Å²) in [4.78, 5) is 0. The highest BCUT2D eigenvalue weighted by atomic mass is 32.2. The second-order valence-electron chi connectivity index (χ2n) is 3.04. The maximum atomic E-state index is 11.8. The molecule has 1 nitrogen and oxygen atoms in total. The minimum absolute atomic E-state index is 0.00383. The molecule has 0 saturated carbocycles. The minimum Gasteiger partial charge on any atom is -0.384 e. The summed E-state index contributed by atoms with van der Waals surface area (Å²) >= 11 is -0.00383. The van der Waals surface area contributed by atoms with Crippen molar-refractivity contribution in [3.63, 3.8) is 0 Å². The Labute approximate surface area is 91.1 Å². The summed E-state index contributed by atoms with van der Waals surface area (Å²) in [5.74, 6) is 0.0256. The Hall–Kier alpha value is -0.840. The van der Waals surface area contributed by atoms with Gasteiger partial charge in [-0.15, -0.1) is 0 Å². The first-order valence-electron chi connectivity index (χ1n) is 4.49. The van der Waals surface area contributed by atoms with Crippen molar-refractivity contribution >= 4 is 17.4 Å². The lowest BCUT2D eigenvalue weighted by Crippen LogP contribution is -2.09. The van der Waals surface area contributed by atoms with Crippen molar-refractivity contribution in [2.24, 2.45) is 0 Å². The Morgan fingerprint density at radius 3 is 2.53 bits per heavy atom. The molecule has 0 spiro atoms. The van der Waals surface area contributed by atoms with Crippen LogP contribution in [-0.4, -0.2) is 17.8 Å². The molecule has 5 heteroatoms. The first kappa shape index (κ1) is 12.2. The first-order valence-corrected chi connectivity index (χ1v) is 5.48. The third-order valence-electron chi connectivity index (χ3n) is 1.83. The predicted molar refractivity (Wildman–Crippen MR) is 58.2 cm³/mol. The fraction of sp³-hybridized carbons (Fsp3) is 0.400. The smallest absolute Gasteiger partial charge is 0.384 e. The highest BCUT2D eigenvalue weighted by Gasteiger charge is 2.27. The van der Waals surface area contributed by atoms with E-state index in [0.717, 1.165) is 11.3 Å². The van der Waals surface area contributed by atoms with Crippen LogP contribution in [-0.2, 0) is 0 Å². The topological polar surface area (TPSA) is 12.0 Å². The van der Waals surface area contributed by atoms with E-state index in [4.69, 9.17) is 0 Å². The van der Waals surface area contributed by atoms with Gasteiger partial charge in [0.15, 0.2) is 0 Å². The number of halogens is 3. The molecular weight excluding hydrogens is 223 g/mol. The third-order valence-corrected chi connectivity index (χ3v) is 2.56. The van der Waals surface area contributed by atoms with E-state index in [1.807, 2.05) is 31.2 Å². The van der Waals surface area contributed by atoms with Crippen LogP contribution in [0, 0.1) is 6.92 Å². The average molecular weight is 235 g/mol. The molecule has 84 valence electrons. The summed E-state index contributed by atoms with van der Waals surface area (Å²) in [7, 11) is 0. The van der Waals surface area contributed by atoms with Crippen LogP contribution in [0.25, 0.3) is 0 Å². The molecule has 0 unspecified atom stereocenters. The Morgan fingerprint density at radius 2 is 1.93 bits per heavy atom. The van der Waals surface area contributed by atoms with E-state index >= 15 is 0 Å². The zero-order chi connectivity index (χ0) is 11.3. The molecular formula is C10H12F3NS. The fourth-order valence-corrected chi connectivity index (χ4v) is 1.56. The molecule has 0 atom stereocenters. The molecule has 0 aliphatic carbocycles. The number of anilines is 1. The van der Waals surface area contributed by atoms with Gasteiger partial charge >= 0.3 is 5.51 Å². The number of rotatable bonds is 4. The van der Waals surface area contributed by atoms with Gasteiger partial charge in [-0.2, -0.15) is 13.2 Å². The van der Waals surface area contributed by atoms with Gasteiger partial charge < -0.3 is 5.32 Å². The normalized spacial score (nSPS) is 11.5. The SMILES string of the molecule is Cc1ccccc1NCCSC(F)(F)F. The molecule has 0 aliphatic heterocycles. The maximum absolute atomic E-state index is 11.8. The van der Waals surface area contributed by atoms with Crippen LogP contribution in [0.15, 0.2) is 24.3 Å². The van der Waals surface area contributed by atoms with Gasteiger partial charge in [-0.05, 0) is 30.3 Å². The van der Waals surface area contributed by atoms with Crippen molar-refractivity contribution in [2.75, 3.05) is 17.6 Å². The highest BCUT2D eigenvalue weighted by Crippen LogP contribution is 2.29. The number of benzene rings is 1. The summed E-state index contributed by atoms with van der Waals surface area (Å²) in [6, 6.07) is 7.52.